The predicted molar refractivity (Wildman–Crippen MR) is 67.8 cm³/mol. The quantitative estimate of drug-likeness (QED) is 0.314. The third-order valence-corrected chi connectivity index (χ3v) is 4.26. The second-order valence-corrected chi connectivity index (χ2v) is 6.19. The summed E-state index contributed by atoms with van der Waals surface area (Å²) in [4.78, 5) is 0. The molecule has 0 aliphatic rings. The summed E-state index contributed by atoms with van der Waals surface area (Å²) in [6, 6.07) is 0. The van der Waals surface area contributed by atoms with E-state index in [1.165, 1.54) is 19.3 Å². The molecule has 4 nitrogen and oxygen atoms in total. The minimum Gasteiger partial charge on any atom is -0.748 e. The van der Waals surface area contributed by atoms with Gasteiger partial charge < -0.3 is 9.66 Å². The van der Waals surface area contributed by atoms with Crippen molar-refractivity contribution in [1.29, 1.82) is 0 Å². The number of aliphatic hydroxyl groups excluding tert-OH is 1. The van der Waals surface area contributed by atoms with Crippen LogP contribution in [0.4, 0.5) is 0 Å². The van der Waals surface area contributed by atoms with E-state index in [9.17, 15) is 13.0 Å². The van der Waals surface area contributed by atoms with Crippen molar-refractivity contribution in [2.24, 2.45) is 0 Å². The van der Waals surface area contributed by atoms with Crippen molar-refractivity contribution in [3.8, 4) is 0 Å². The summed E-state index contributed by atoms with van der Waals surface area (Å²) in [7, 11) is -4.20. The third-order valence-electron chi connectivity index (χ3n) is 2.97. The molecular formula is C12H25NaO4S. The first kappa shape index (κ1) is 21.2. The second-order valence-electron chi connectivity index (χ2n) is 4.54. The normalized spacial score (nSPS) is 13.1. The maximum Gasteiger partial charge on any atom is 1.00 e. The zero-order valence-corrected chi connectivity index (χ0v) is 14.5. The fourth-order valence-corrected chi connectivity index (χ4v) is 2.81. The van der Waals surface area contributed by atoms with Crippen LogP contribution in [0.25, 0.3) is 0 Å². The number of aliphatic hydroxyl groups is 1. The van der Waals surface area contributed by atoms with Crippen molar-refractivity contribution < 1.29 is 47.6 Å². The van der Waals surface area contributed by atoms with Crippen LogP contribution in [0, 0.1) is 0 Å². The molecule has 1 N–H and O–H groups in total. The van der Waals surface area contributed by atoms with Gasteiger partial charge in [0, 0.05) is 11.9 Å². The van der Waals surface area contributed by atoms with E-state index in [4.69, 9.17) is 5.11 Å². The first-order valence-electron chi connectivity index (χ1n) is 6.58. The molecule has 0 radical (unpaired) electrons. The van der Waals surface area contributed by atoms with Crippen LogP contribution in [-0.4, -0.2) is 29.9 Å². The average molecular weight is 288 g/mol. The molecule has 104 valence electrons. The van der Waals surface area contributed by atoms with E-state index in [-0.39, 0.29) is 42.6 Å². The van der Waals surface area contributed by atoms with Crippen molar-refractivity contribution in [3.05, 3.63) is 0 Å². The molecule has 0 spiro atoms. The molecule has 0 fully saturated rings. The average Bonchev–Trinajstić information content (AvgIpc) is 2.25. The molecular weight excluding hydrogens is 263 g/mol. The number of hydrogen-bond donors (Lipinski definition) is 1. The molecule has 0 bridgehead atoms. The maximum atomic E-state index is 11.0. The SMILES string of the molecule is CCCCCCCCC(CCCO)S(=O)(=O)[O-].[Na+]. The Morgan fingerprint density at radius 1 is 1.00 bits per heavy atom. The Bertz CT molecular complexity index is 267. The van der Waals surface area contributed by atoms with E-state index in [0.717, 1.165) is 19.3 Å². The van der Waals surface area contributed by atoms with E-state index < -0.39 is 15.4 Å². The largest absolute Gasteiger partial charge is 1.00 e. The zero-order valence-electron chi connectivity index (χ0n) is 11.7. The van der Waals surface area contributed by atoms with Crippen molar-refractivity contribution in [2.75, 3.05) is 6.61 Å². The van der Waals surface area contributed by atoms with Gasteiger partial charge in [-0.25, -0.2) is 8.42 Å². The monoisotopic (exact) mass is 288 g/mol. The molecule has 1 atom stereocenters. The summed E-state index contributed by atoms with van der Waals surface area (Å²) in [5, 5.41) is 7.85. The molecule has 0 saturated heterocycles. The van der Waals surface area contributed by atoms with Gasteiger partial charge in [-0.05, 0) is 19.3 Å². The van der Waals surface area contributed by atoms with Gasteiger partial charge in [0.1, 0.15) is 0 Å². The Morgan fingerprint density at radius 2 is 1.50 bits per heavy atom. The van der Waals surface area contributed by atoms with Gasteiger partial charge >= 0.3 is 29.6 Å². The van der Waals surface area contributed by atoms with Gasteiger partial charge in [-0.15, -0.1) is 0 Å². The first-order valence-corrected chi connectivity index (χ1v) is 8.05. The van der Waals surface area contributed by atoms with E-state index in [1.807, 2.05) is 0 Å². The van der Waals surface area contributed by atoms with Crippen LogP contribution in [0.5, 0.6) is 0 Å². The third kappa shape index (κ3) is 11.9. The zero-order chi connectivity index (χ0) is 13.1. The Balaban J connectivity index is 0. The Labute approximate surface area is 134 Å². The summed E-state index contributed by atoms with van der Waals surface area (Å²) in [5.74, 6) is 0. The minimum atomic E-state index is -4.20. The maximum absolute atomic E-state index is 11.0. The van der Waals surface area contributed by atoms with Crippen molar-refractivity contribution >= 4 is 10.1 Å². The first-order chi connectivity index (χ1) is 8.02. The van der Waals surface area contributed by atoms with Crippen LogP contribution < -0.4 is 29.6 Å². The number of unbranched alkanes of at least 4 members (excludes halogenated alkanes) is 5. The van der Waals surface area contributed by atoms with E-state index in [1.54, 1.807) is 0 Å². The summed E-state index contributed by atoms with van der Waals surface area (Å²) < 4.78 is 32.9. The molecule has 0 heterocycles. The molecule has 18 heavy (non-hydrogen) atoms. The second kappa shape index (κ2) is 12.9. The van der Waals surface area contributed by atoms with Crippen molar-refractivity contribution in [1.82, 2.24) is 0 Å². The smallest absolute Gasteiger partial charge is 0.748 e. The van der Waals surface area contributed by atoms with Gasteiger partial charge in [0.25, 0.3) is 0 Å². The Hall–Kier alpha value is 0.870. The van der Waals surface area contributed by atoms with Crippen LogP contribution in [0.15, 0.2) is 0 Å². The Kier molecular flexibility index (Phi) is 15.2. The fourth-order valence-electron chi connectivity index (χ4n) is 1.90. The van der Waals surface area contributed by atoms with Crippen LogP contribution in [0.3, 0.4) is 0 Å². The van der Waals surface area contributed by atoms with Crippen molar-refractivity contribution in [2.45, 2.75) is 70.0 Å². The van der Waals surface area contributed by atoms with Crippen LogP contribution in [0.2, 0.25) is 0 Å². The van der Waals surface area contributed by atoms with Gasteiger partial charge in [0.15, 0.2) is 0 Å². The molecule has 0 amide bonds. The molecule has 1 unspecified atom stereocenters. The summed E-state index contributed by atoms with van der Waals surface area (Å²) in [6.07, 6.45) is 7.60. The van der Waals surface area contributed by atoms with Gasteiger partial charge in [0.05, 0.1) is 10.1 Å². The minimum absolute atomic E-state index is 0. The molecule has 0 aromatic carbocycles. The summed E-state index contributed by atoms with van der Waals surface area (Å²) in [5.41, 5.74) is 0. The van der Waals surface area contributed by atoms with Crippen LogP contribution in [0.1, 0.15) is 64.7 Å². The molecule has 0 aliphatic carbocycles. The Morgan fingerprint density at radius 3 is 2.00 bits per heavy atom. The van der Waals surface area contributed by atoms with Crippen molar-refractivity contribution in [3.63, 3.8) is 0 Å². The molecule has 6 heteroatoms. The van der Waals surface area contributed by atoms with Crippen LogP contribution in [-0.2, 0) is 10.1 Å². The molecule has 0 saturated carbocycles. The summed E-state index contributed by atoms with van der Waals surface area (Å²) in [6.45, 7) is 2.09. The fraction of sp³-hybridized carbons (Fsp3) is 1.00. The predicted octanol–water partition coefficient (Wildman–Crippen LogP) is -0.573. The van der Waals surface area contributed by atoms with Gasteiger partial charge in [-0.2, -0.15) is 0 Å². The molecule has 0 aromatic rings. The van der Waals surface area contributed by atoms with E-state index in [0.29, 0.717) is 12.8 Å². The topological polar surface area (TPSA) is 77.4 Å². The molecule has 0 aliphatic heterocycles. The number of rotatable bonds is 11. The molecule has 0 rings (SSSR count). The van der Waals surface area contributed by atoms with E-state index in [2.05, 4.69) is 6.92 Å². The van der Waals surface area contributed by atoms with Gasteiger partial charge in [-0.3, -0.25) is 0 Å². The number of hydrogen-bond acceptors (Lipinski definition) is 4. The van der Waals surface area contributed by atoms with Crippen LogP contribution >= 0.6 is 0 Å². The summed E-state index contributed by atoms with van der Waals surface area (Å²) >= 11 is 0. The van der Waals surface area contributed by atoms with E-state index >= 15 is 0 Å². The standard InChI is InChI=1S/C12H26O4S.Na/c1-2-3-4-5-6-7-9-12(10-8-11-13)17(14,15)16;/h12-13H,2-11H2,1H3,(H,14,15,16);/q;+1/p-1. The van der Waals surface area contributed by atoms with Gasteiger partial charge in [0.2, 0.25) is 0 Å². The molecule has 0 aromatic heterocycles. The van der Waals surface area contributed by atoms with Gasteiger partial charge in [-0.1, -0.05) is 45.4 Å².